The minimum Gasteiger partial charge on any atom is -0.481 e. The number of aromatic nitrogens is 3. The van der Waals surface area contributed by atoms with Crippen LogP contribution in [0.25, 0.3) is 5.69 Å². The number of benzene rings is 1. The molecular weight excluding hydrogens is 242 g/mol. The second-order valence-electron chi connectivity index (χ2n) is 3.52. The highest BCUT2D eigenvalue weighted by Crippen LogP contribution is 2.21. The number of aryl methyl sites for hydroxylation is 1. The van der Waals surface area contributed by atoms with E-state index in [1.807, 2.05) is 12.1 Å². The van der Waals surface area contributed by atoms with Crippen LogP contribution in [0.5, 0.6) is 0 Å². The number of rotatable bonds is 4. The number of carboxylic acid groups (broad SMARTS) is 1. The predicted octanol–water partition coefficient (Wildman–Crippen LogP) is 1.94. The highest BCUT2D eigenvalue weighted by atomic mass is 35.5. The van der Waals surface area contributed by atoms with E-state index in [0.717, 1.165) is 5.56 Å². The van der Waals surface area contributed by atoms with Crippen molar-refractivity contribution in [1.82, 2.24) is 14.8 Å². The van der Waals surface area contributed by atoms with Crippen molar-refractivity contribution in [3.05, 3.63) is 41.4 Å². The summed E-state index contributed by atoms with van der Waals surface area (Å²) >= 11 is 6.05. The fraction of sp³-hybridized carbons (Fsp3) is 0.182. The zero-order chi connectivity index (χ0) is 12.3. The van der Waals surface area contributed by atoms with Crippen LogP contribution >= 0.6 is 11.6 Å². The Hall–Kier alpha value is -1.88. The monoisotopic (exact) mass is 251 g/mol. The average molecular weight is 252 g/mol. The summed E-state index contributed by atoms with van der Waals surface area (Å²) in [5, 5.41) is 13.2. The number of carbonyl (C=O) groups is 1. The smallest absolute Gasteiger partial charge is 0.303 e. The van der Waals surface area contributed by atoms with Gasteiger partial charge in [0.1, 0.15) is 12.7 Å². The van der Waals surface area contributed by atoms with E-state index in [-0.39, 0.29) is 6.42 Å². The van der Waals surface area contributed by atoms with E-state index in [1.165, 1.54) is 6.33 Å². The van der Waals surface area contributed by atoms with Gasteiger partial charge >= 0.3 is 5.97 Å². The Morgan fingerprint density at radius 3 is 2.94 bits per heavy atom. The van der Waals surface area contributed by atoms with Gasteiger partial charge in [-0.15, -0.1) is 0 Å². The number of hydrogen-bond donors (Lipinski definition) is 1. The Kier molecular flexibility index (Phi) is 3.39. The number of hydrogen-bond acceptors (Lipinski definition) is 3. The first-order chi connectivity index (χ1) is 8.16. The lowest BCUT2D eigenvalue weighted by atomic mass is 10.1. The molecule has 0 amide bonds. The zero-order valence-electron chi connectivity index (χ0n) is 8.88. The number of halogens is 1. The fourth-order valence-corrected chi connectivity index (χ4v) is 1.68. The van der Waals surface area contributed by atoms with E-state index in [4.69, 9.17) is 16.7 Å². The van der Waals surface area contributed by atoms with Crippen LogP contribution in [0.2, 0.25) is 5.02 Å². The van der Waals surface area contributed by atoms with Crippen molar-refractivity contribution in [3.63, 3.8) is 0 Å². The first kappa shape index (κ1) is 11.6. The Balaban J connectivity index is 2.27. The van der Waals surface area contributed by atoms with Crippen LogP contribution in [0.4, 0.5) is 0 Å². The van der Waals surface area contributed by atoms with Crippen LogP contribution in [0, 0.1) is 0 Å². The van der Waals surface area contributed by atoms with Gasteiger partial charge in [0.15, 0.2) is 0 Å². The van der Waals surface area contributed by atoms with Crippen LogP contribution in [0.15, 0.2) is 30.9 Å². The van der Waals surface area contributed by atoms with Gasteiger partial charge in [-0.25, -0.2) is 9.67 Å². The van der Waals surface area contributed by atoms with E-state index in [2.05, 4.69) is 10.1 Å². The molecule has 1 aromatic carbocycles. The molecule has 5 nitrogen and oxygen atoms in total. The van der Waals surface area contributed by atoms with Crippen LogP contribution in [-0.4, -0.2) is 25.8 Å². The minimum atomic E-state index is -0.817. The molecule has 0 aliphatic heterocycles. The summed E-state index contributed by atoms with van der Waals surface area (Å²) in [4.78, 5) is 14.3. The van der Waals surface area contributed by atoms with Gasteiger partial charge in [-0.1, -0.05) is 17.7 Å². The molecule has 0 aliphatic rings. The molecule has 6 heteroatoms. The molecule has 0 atom stereocenters. The lowest BCUT2D eigenvalue weighted by Gasteiger charge is -2.06. The Morgan fingerprint density at radius 2 is 2.29 bits per heavy atom. The van der Waals surface area contributed by atoms with Gasteiger partial charge in [0.25, 0.3) is 0 Å². The van der Waals surface area contributed by atoms with Crippen LogP contribution in [0.3, 0.4) is 0 Å². The minimum absolute atomic E-state index is 0.0957. The highest BCUT2D eigenvalue weighted by molar-refractivity contribution is 6.32. The summed E-state index contributed by atoms with van der Waals surface area (Å²) in [6.45, 7) is 0. The van der Waals surface area contributed by atoms with Crippen molar-refractivity contribution in [2.24, 2.45) is 0 Å². The SMILES string of the molecule is O=C(O)CCc1ccc(Cl)c(-n2cncn2)c1. The average Bonchev–Trinajstić information content (AvgIpc) is 2.81. The van der Waals surface area contributed by atoms with E-state index in [1.54, 1.807) is 17.1 Å². The fourth-order valence-electron chi connectivity index (χ4n) is 1.47. The molecule has 0 saturated carbocycles. The topological polar surface area (TPSA) is 68.0 Å². The Morgan fingerprint density at radius 1 is 1.47 bits per heavy atom. The second-order valence-corrected chi connectivity index (χ2v) is 3.93. The molecule has 0 unspecified atom stereocenters. The maximum atomic E-state index is 10.5. The predicted molar refractivity (Wildman–Crippen MR) is 62.3 cm³/mol. The van der Waals surface area contributed by atoms with E-state index in [0.29, 0.717) is 17.1 Å². The van der Waals surface area contributed by atoms with Crippen molar-refractivity contribution in [1.29, 1.82) is 0 Å². The molecule has 1 N–H and O–H groups in total. The maximum Gasteiger partial charge on any atom is 0.303 e. The van der Waals surface area contributed by atoms with Crippen molar-refractivity contribution in [2.75, 3.05) is 0 Å². The van der Waals surface area contributed by atoms with Gasteiger partial charge in [0, 0.05) is 6.42 Å². The van der Waals surface area contributed by atoms with Gasteiger partial charge in [-0.3, -0.25) is 4.79 Å². The first-order valence-corrected chi connectivity index (χ1v) is 5.40. The van der Waals surface area contributed by atoms with E-state index >= 15 is 0 Å². The molecule has 17 heavy (non-hydrogen) atoms. The lowest BCUT2D eigenvalue weighted by molar-refractivity contribution is -0.136. The molecule has 88 valence electrons. The molecule has 1 heterocycles. The largest absolute Gasteiger partial charge is 0.481 e. The second kappa shape index (κ2) is 4.97. The number of aliphatic carboxylic acids is 1. The molecule has 2 rings (SSSR count). The van der Waals surface area contributed by atoms with E-state index in [9.17, 15) is 4.79 Å². The van der Waals surface area contributed by atoms with E-state index < -0.39 is 5.97 Å². The summed E-state index contributed by atoms with van der Waals surface area (Å²) in [7, 11) is 0. The van der Waals surface area contributed by atoms with Crippen LogP contribution in [0.1, 0.15) is 12.0 Å². The molecule has 0 aliphatic carbocycles. The van der Waals surface area contributed by atoms with Crippen molar-refractivity contribution < 1.29 is 9.90 Å². The third-order valence-corrected chi connectivity index (χ3v) is 2.62. The summed E-state index contributed by atoms with van der Waals surface area (Å²) in [6.07, 6.45) is 3.52. The molecule has 1 aromatic heterocycles. The summed E-state index contributed by atoms with van der Waals surface area (Å²) in [5.74, 6) is -0.817. The zero-order valence-corrected chi connectivity index (χ0v) is 9.63. The normalized spacial score (nSPS) is 10.4. The molecular formula is C11H10ClN3O2. The Bertz CT molecular complexity index is 526. The van der Waals surface area contributed by atoms with Gasteiger partial charge in [-0.2, -0.15) is 5.10 Å². The quantitative estimate of drug-likeness (QED) is 0.902. The Labute approximate surface area is 103 Å². The third-order valence-electron chi connectivity index (χ3n) is 2.30. The molecule has 2 aromatic rings. The first-order valence-electron chi connectivity index (χ1n) is 5.02. The standard InChI is InChI=1S/C11H10ClN3O2/c12-9-3-1-8(2-4-11(16)17)5-10(9)15-7-13-6-14-15/h1,3,5-7H,2,4H2,(H,16,17). The lowest BCUT2D eigenvalue weighted by Crippen LogP contribution is -2.00. The number of nitrogens with zero attached hydrogens (tertiary/aromatic N) is 3. The highest BCUT2D eigenvalue weighted by Gasteiger charge is 2.06. The molecule has 0 saturated heterocycles. The van der Waals surface area contributed by atoms with Crippen molar-refractivity contribution in [2.45, 2.75) is 12.8 Å². The molecule has 0 bridgehead atoms. The van der Waals surface area contributed by atoms with Crippen molar-refractivity contribution >= 4 is 17.6 Å². The van der Waals surface area contributed by atoms with Crippen LogP contribution in [-0.2, 0) is 11.2 Å². The van der Waals surface area contributed by atoms with Crippen molar-refractivity contribution in [3.8, 4) is 5.69 Å². The molecule has 0 fully saturated rings. The third kappa shape index (κ3) is 2.82. The summed E-state index contributed by atoms with van der Waals surface area (Å²) in [6, 6.07) is 5.36. The number of carboxylic acids is 1. The van der Waals surface area contributed by atoms with Gasteiger partial charge in [0.05, 0.1) is 10.7 Å². The molecule has 0 radical (unpaired) electrons. The summed E-state index contributed by atoms with van der Waals surface area (Å²) in [5.41, 5.74) is 1.61. The maximum absolute atomic E-state index is 10.5. The van der Waals surface area contributed by atoms with Gasteiger partial charge in [0.2, 0.25) is 0 Å². The van der Waals surface area contributed by atoms with Crippen LogP contribution < -0.4 is 0 Å². The summed E-state index contributed by atoms with van der Waals surface area (Å²) < 4.78 is 1.55. The van der Waals surface area contributed by atoms with Gasteiger partial charge in [-0.05, 0) is 24.1 Å². The van der Waals surface area contributed by atoms with Gasteiger partial charge < -0.3 is 5.11 Å². The molecule has 0 spiro atoms.